The first-order valence-corrected chi connectivity index (χ1v) is 7.16. The number of aromatic nitrogens is 2. The molecule has 0 fully saturated rings. The summed E-state index contributed by atoms with van der Waals surface area (Å²) in [6, 6.07) is 5.62. The van der Waals surface area contributed by atoms with Gasteiger partial charge in [-0.05, 0) is 37.0 Å². The first-order valence-electron chi connectivity index (χ1n) is 7.16. The number of hydrogen-bond acceptors (Lipinski definition) is 4. The van der Waals surface area contributed by atoms with Gasteiger partial charge in [0.25, 0.3) is 0 Å². The van der Waals surface area contributed by atoms with Crippen molar-refractivity contribution < 1.29 is 10.2 Å². The van der Waals surface area contributed by atoms with Gasteiger partial charge >= 0.3 is 0 Å². The molecule has 0 aliphatic rings. The van der Waals surface area contributed by atoms with E-state index in [1.165, 1.54) is 0 Å². The number of aliphatic hydroxyl groups excluding tert-OH is 2. The molecule has 0 radical (unpaired) electrons. The summed E-state index contributed by atoms with van der Waals surface area (Å²) >= 11 is 0. The lowest BCUT2D eigenvalue weighted by atomic mass is 10.00. The molecule has 1 heterocycles. The van der Waals surface area contributed by atoms with Gasteiger partial charge in [-0.25, -0.2) is 4.98 Å². The van der Waals surface area contributed by atoms with Crippen molar-refractivity contribution in [2.75, 3.05) is 12.3 Å². The summed E-state index contributed by atoms with van der Waals surface area (Å²) in [7, 11) is 0. The summed E-state index contributed by atoms with van der Waals surface area (Å²) in [5.41, 5.74) is 8.25. The fourth-order valence-electron chi connectivity index (χ4n) is 2.70. The standard InChI is InChI=1S/C15H23N3O2/c1-2-3-11(6-7-19)9-18-14-5-4-12(16)8-13(14)17-15(18)10-20/h4-5,8,11,19-20H,2-3,6-7,9-10,16H2,1H3. The maximum Gasteiger partial charge on any atom is 0.135 e. The highest BCUT2D eigenvalue weighted by atomic mass is 16.3. The van der Waals surface area contributed by atoms with Gasteiger partial charge in [0.1, 0.15) is 12.4 Å². The Morgan fingerprint density at radius 1 is 1.30 bits per heavy atom. The van der Waals surface area contributed by atoms with Crippen molar-refractivity contribution in [1.82, 2.24) is 9.55 Å². The number of anilines is 1. The monoisotopic (exact) mass is 277 g/mol. The van der Waals surface area contributed by atoms with Crippen LogP contribution in [0.1, 0.15) is 32.0 Å². The summed E-state index contributed by atoms with van der Waals surface area (Å²) in [5.74, 6) is 1.05. The summed E-state index contributed by atoms with van der Waals surface area (Å²) in [6.07, 6.45) is 2.91. The van der Waals surface area contributed by atoms with Gasteiger partial charge in [-0.15, -0.1) is 0 Å². The molecule has 110 valence electrons. The molecule has 0 aliphatic heterocycles. The average Bonchev–Trinajstić information content (AvgIpc) is 2.76. The van der Waals surface area contributed by atoms with E-state index < -0.39 is 0 Å². The second kappa shape index (κ2) is 6.72. The van der Waals surface area contributed by atoms with Gasteiger partial charge in [0.05, 0.1) is 11.0 Å². The van der Waals surface area contributed by atoms with E-state index >= 15 is 0 Å². The molecule has 0 aliphatic carbocycles. The van der Waals surface area contributed by atoms with Gasteiger partial charge in [-0.3, -0.25) is 0 Å². The average molecular weight is 277 g/mol. The first kappa shape index (κ1) is 14.8. The van der Waals surface area contributed by atoms with Crippen LogP contribution in [0.25, 0.3) is 11.0 Å². The van der Waals surface area contributed by atoms with Crippen molar-refractivity contribution in [3.63, 3.8) is 0 Å². The Kier molecular flexibility index (Phi) is 4.98. The molecule has 0 saturated heterocycles. The minimum absolute atomic E-state index is 0.0907. The van der Waals surface area contributed by atoms with E-state index in [1.807, 2.05) is 22.8 Å². The van der Waals surface area contributed by atoms with Crippen molar-refractivity contribution in [3.8, 4) is 0 Å². The van der Waals surface area contributed by atoms with Crippen molar-refractivity contribution >= 4 is 16.7 Å². The van der Waals surface area contributed by atoms with Gasteiger partial charge in [-0.1, -0.05) is 13.3 Å². The predicted octanol–water partition coefficient (Wildman–Crippen LogP) is 1.91. The third-order valence-corrected chi connectivity index (χ3v) is 3.67. The summed E-state index contributed by atoms with van der Waals surface area (Å²) < 4.78 is 2.05. The molecule has 5 heteroatoms. The number of nitrogens with two attached hydrogens (primary N) is 1. The molecular weight excluding hydrogens is 254 g/mol. The molecule has 1 unspecified atom stereocenters. The minimum atomic E-state index is -0.0907. The molecule has 0 saturated carbocycles. The lowest BCUT2D eigenvalue weighted by molar-refractivity contribution is 0.232. The van der Waals surface area contributed by atoms with E-state index in [9.17, 15) is 10.2 Å². The van der Waals surface area contributed by atoms with Gasteiger partial charge in [0.15, 0.2) is 0 Å². The SMILES string of the molecule is CCCC(CCO)Cn1c(CO)nc2cc(N)ccc21. The van der Waals surface area contributed by atoms with E-state index in [0.717, 1.165) is 36.8 Å². The largest absolute Gasteiger partial charge is 0.399 e. The molecule has 0 spiro atoms. The third kappa shape index (κ3) is 3.11. The maximum absolute atomic E-state index is 9.50. The molecule has 2 rings (SSSR count). The maximum atomic E-state index is 9.50. The number of imidazole rings is 1. The number of aliphatic hydroxyl groups is 2. The number of nitrogen functional groups attached to an aromatic ring is 1. The highest BCUT2D eigenvalue weighted by Crippen LogP contribution is 2.23. The Morgan fingerprint density at radius 3 is 2.75 bits per heavy atom. The second-order valence-corrected chi connectivity index (χ2v) is 5.21. The Hall–Kier alpha value is -1.59. The van der Waals surface area contributed by atoms with Crippen molar-refractivity contribution in [2.24, 2.45) is 5.92 Å². The van der Waals surface area contributed by atoms with Crippen LogP contribution in [0.4, 0.5) is 5.69 Å². The lowest BCUT2D eigenvalue weighted by Crippen LogP contribution is -2.14. The van der Waals surface area contributed by atoms with Crippen LogP contribution in [0.2, 0.25) is 0 Å². The highest BCUT2D eigenvalue weighted by Gasteiger charge is 2.15. The smallest absolute Gasteiger partial charge is 0.135 e. The van der Waals surface area contributed by atoms with Crippen LogP contribution in [0.3, 0.4) is 0 Å². The van der Waals surface area contributed by atoms with Crippen molar-refractivity contribution in [3.05, 3.63) is 24.0 Å². The summed E-state index contributed by atoms with van der Waals surface area (Å²) in [5, 5.41) is 18.7. The topological polar surface area (TPSA) is 84.3 Å². The van der Waals surface area contributed by atoms with Crippen LogP contribution in [-0.2, 0) is 13.2 Å². The zero-order valence-corrected chi connectivity index (χ0v) is 11.9. The van der Waals surface area contributed by atoms with Crippen LogP contribution in [0.5, 0.6) is 0 Å². The molecule has 4 N–H and O–H groups in total. The zero-order chi connectivity index (χ0) is 14.5. The normalized spacial score (nSPS) is 12.9. The second-order valence-electron chi connectivity index (χ2n) is 5.21. The number of benzene rings is 1. The van der Waals surface area contributed by atoms with Crippen LogP contribution < -0.4 is 5.73 Å². The molecule has 1 aromatic heterocycles. The Balaban J connectivity index is 2.35. The Bertz CT molecular complexity index is 559. The number of fused-ring (bicyclic) bond motifs is 1. The quantitative estimate of drug-likeness (QED) is 0.675. The molecule has 5 nitrogen and oxygen atoms in total. The van der Waals surface area contributed by atoms with E-state index in [0.29, 0.717) is 17.4 Å². The molecule has 2 aromatic rings. The third-order valence-electron chi connectivity index (χ3n) is 3.67. The van der Waals surface area contributed by atoms with Crippen LogP contribution in [-0.4, -0.2) is 26.4 Å². The van der Waals surface area contributed by atoms with Gasteiger partial charge in [-0.2, -0.15) is 0 Å². The summed E-state index contributed by atoms with van der Waals surface area (Å²) in [4.78, 5) is 4.44. The number of rotatable bonds is 7. The fourth-order valence-corrected chi connectivity index (χ4v) is 2.70. The Labute approximate surface area is 119 Å². The van der Waals surface area contributed by atoms with Crippen molar-refractivity contribution in [2.45, 2.75) is 39.3 Å². The first-order chi connectivity index (χ1) is 9.69. The zero-order valence-electron chi connectivity index (χ0n) is 11.9. The van der Waals surface area contributed by atoms with E-state index in [4.69, 9.17) is 5.73 Å². The minimum Gasteiger partial charge on any atom is -0.399 e. The van der Waals surface area contributed by atoms with Gasteiger partial charge in [0.2, 0.25) is 0 Å². The lowest BCUT2D eigenvalue weighted by Gasteiger charge is -2.17. The Morgan fingerprint density at radius 2 is 2.10 bits per heavy atom. The molecule has 1 atom stereocenters. The van der Waals surface area contributed by atoms with Crippen molar-refractivity contribution in [1.29, 1.82) is 0 Å². The molecule has 20 heavy (non-hydrogen) atoms. The molecule has 0 bridgehead atoms. The molecule has 1 aromatic carbocycles. The van der Waals surface area contributed by atoms with E-state index in [-0.39, 0.29) is 13.2 Å². The van der Waals surface area contributed by atoms with Crippen LogP contribution >= 0.6 is 0 Å². The molecular formula is C15H23N3O2. The van der Waals surface area contributed by atoms with Crippen LogP contribution in [0.15, 0.2) is 18.2 Å². The van der Waals surface area contributed by atoms with E-state index in [1.54, 1.807) is 0 Å². The number of hydrogen-bond donors (Lipinski definition) is 3. The summed E-state index contributed by atoms with van der Waals surface area (Å²) in [6.45, 7) is 3.01. The highest BCUT2D eigenvalue weighted by molar-refractivity contribution is 5.79. The van der Waals surface area contributed by atoms with Crippen LogP contribution in [0, 0.1) is 5.92 Å². The number of nitrogens with zero attached hydrogens (tertiary/aromatic N) is 2. The van der Waals surface area contributed by atoms with E-state index in [2.05, 4.69) is 11.9 Å². The predicted molar refractivity (Wildman–Crippen MR) is 80.2 cm³/mol. The van der Waals surface area contributed by atoms with Gasteiger partial charge < -0.3 is 20.5 Å². The molecule has 0 amide bonds. The fraction of sp³-hybridized carbons (Fsp3) is 0.533. The van der Waals surface area contributed by atoms with Gasteiger partial charge in [0, 0.05) is 18.8 Å².